The summed E-state index contributed by atoms with van der Waals surface area (Å²) >= 11 is 0. The van der Waals surface area contributed by atoms with Crippen molar-refractivity contribution in [3.05, 3.63) is 47.3 Å². The van der Waals surface area contributed by atoms with Gasteiger partial charge in [-0.2, -0.15) is 10.9 Å². The van der Waals surface area contributed by atoms with Crippen molar-refractivity contribution in [2.45, 2.75) is 51.3 Å². The fourth-order valence-electron chi connectivity index (χ4n) is 5.21. The highest BCUT2D eigenvalue weighted by molar-refractivity contribution is 8.37. The number of piperazine rings is 1. The van der Waals surface area contributed by atoms with E-state index in [2.05, 4.69) is 48.1 Å². The van der Waals surface area contributed by atoms with Crippen molar-refractivity contribution >= 4 is 32.7 Å². The molecule has 0 aromatic carbocycles. The third kappa shape index (κ3) is 5.34. The van der Waals surface area contributed by atoms with Crippen molar-refractivity contribution in [3.8, 4) is 0 Å². The number of allylic oxidation sites excluding steroid dienone is 1. The number of nitrogens with one attached hydrogen (secondary N) is 1. The van der Waals surface area contributed by atoms with Gasteiger partial charge < -0.3 is 16.0 Å². The fraction of sp³-hybridized carbons (Fsp3) is 0.520. The summed E-state index contributed by atoms with van der Waals surface area (Å²) in [7, 11) is -0.866. The monoisotopic (exact) mass is 498 g/mol. The van der Waals surface area contributed by atoms with Crippen molar-refractivity contribution in [1.82, 2.24) is 24.8 Å². The lowest BCUT2D eigenvalue weighted by molar-refractivity contribution is 0.132. The van der Waals surface area contributed by atoms with E-state index in [4.69, 9.17) is 5.73 Å². The highest BCUT2D eigenvalue weighted by atomic mass is 32.2. The van der Waals surface area contributed by atoms with Gasteiger partial charge in [0.15, 0.2) is 5.82 Å². The molecule has 4 heterocycles. The molecule has 2 aliphatic heterocycles. The first-order valence-corrected chi connectivity index (χ1v) is 14.0. The molecule has 2 aromatic rings. The van der Waals surface area contributed by atoms with Crippen molar-refractivity contribution in [3.63, 3.8) is 0 Å². The number of aliphatic imine (C=N–C) groups is 1. The van der Waals surface area contributed by atoms with E-state index in [9.17, 15) is 4.39 Å². The van der Waals surface area contributed by atoms with Crippen molar-refractivity contribution in [2.75, 3.05) is 38.0 Å². The minimum absolute atomic E-state index is 0.310. The topological polar surface area (TPSA) is 95.6 Å². The molecule has 3 aliphatic rings. The molecule has 5 rings (SSSR count). The number of hydrogen-bond acceptors (Lipinski definition) is 8. The molecule has 35 heavy (non-hydrogen) atoms. The van der Waals surface area contributed by atoms with Gasteiger partial charge in [0.2, 0.25) is 5.95 Å². The molecule has 1 saturated carbocycles. The van der Waals surface area contributed by atoms with Gasteiger partial charge in [-0.1, -0.05) is 25.8 Å². The predicted octanol–water partition coefficient (Wildman–Crippen LogP) is 3.85. The molecule has 2 aromatic heterocycles. The summed E-state index contributed by atoms with van der Waals surface area (Å²) in [5, 5.41) is 4.23. The van der Waals surface area contributed by atoms with Gasteiger partial charge >= 0.3 is 0 Å². The van der Waals surface area contributed by atoms with Crippen LogP contribution < -0.4 is 11.1 Å². The number of nitrogens with zero attached hydrogens (tertiary/aromatic N) is 6. The smallest absolute Gasteiger partial charge is 0.229 e. The van der Waals surface area contributed by atoms with Gasteiger partial charge in [-0.25, -0.2) is 24.3 Å². The summed E-state index contributed by atoms with van der Waals surface area (Å²) in [6.45, 7) is 10.5. The zero-order chi connectivity index (χ0) is 24.4. The Hall–Kier alpha value is -2.56. The van der Waals surface area contributed by atoms with Crippen LogP contribution in [0.2, 0.25) is 0 Å². The summed E-state index contributed by atoms with van der Waals surface area (Å²) < 4.78 is 15.0. The lowest BCUT2D eigenvalue weighted by Gasteiger charge is -2.33. The van der Waals surface area contributed by atoms with E-state index >= 15 is 0 Å². The second kappa shape index (κ2) is 10.6. The van der Waals surface area contributed by atoms with E-state index in [0.717, 1.165) is 62.7 Å². The molecule has 3 N–H and O–H groups in total. The largest absolute Gasteiger partial charge is 0.379 e. The Morgan fingerprint density at radius 1 is 1.09 bits per heavy atom. The number of nitrogens with two attached hydrogens (primary N) is 1. The van der Waals surface area contributed by atoms with Gasteiger partial charge in [0.25, 0.3) is 0 Å². The fourth-order valence-corrected chi connectivity index (χ4v) is 8.10. The molecule has 8 nitrogen and oxygen atoms in total. The van der Waals surface area contributed by atoms with Gasteiger partial charge in [0.05, 0.1) is 11.9 Å². The number of likely N-dealkylation sites (N-methyl/N-ethyl adjacent to an activating group) is 1. The SMILES string of the molecule is CCN1CCN(Cc2ccc(Nc3ncc(F)c(C4=C(C)N=C(N)[SH]4C4CCCC4)n3)nc2)CC1. The van der Waals surface area contributed by atoms with Gasteiger partial charge in [-0.3, -0.25) is 4.90 Å². The van der Waals surface area contributed by atoms with Crippen LogP contribution in [0.5, 0.6) is 0 Å². The molecular formula is C25H35FN8S. The first-order valence-electron chi connectivity index (χ1n) is 12.6. The van der Waals surface area contributed by atoms with Crippen LogP contribution in [-0.2, 0) is 6.54 Å². The molecule has 10 heteroatoms. The Morgan fingerprint density at radius 2 is 1.83 bits per heavy atom. The van der Waals surface area contributed by atoms with Crippen molar-refractivity contribution < 1.29 is 4.39 Å². The van der Waals surface area contributed by atoms with E-state index in [1.54, 1.807) is 0 Å². The molecule has 188 valence electrons. The molecule has 0 amide bonds. The Morgan fingerprint density at radius 3 is 2.51 bits per heavy atom. The summed E-state index contributed by atoms with van der Waals surface area (Å²) in [4.78, 5) is 23.6. The maximum Gasteiger partial charge on any atom is 0.229 e. The third-order valence-corrected chi connectivity index (χ3v) is 10.0. The molecule has 0 radical (unpaired) electrons. The van der Waals surface area contributed by atoms with Gasteiger partial charge in [-0.15, -0.1) is 0 Å². The van der Waals surface area contributed by atoms with Crippen LogP contribution in [0.25, 0.3) is 4.91 Å². The van der Waals surface area contributed by atoms with E-state index in [1.165, 1.54) is 24.6 Å². The number of hydrogen-bond donors (Lipinski definition) is 3. The summed E-state index contributed by atoms with van der Waals surface area (Å²) in [5.74, 6) is 0.518. The minimum Gasteiger partial charge on any atom is -0.379 e. The van der Waals surface area contributed by atoms with Crippen molar-refractivity contribution in [1.29, 1.82) is 0 Å². The van der Waals surface area contributed by atoms with Crippen LogP contribution >= 0.6 is 10.9 Å². The van der Waals surface area contributed by atoms with Gasteiger partial charge in [0.1, 0.15) is 16.7 Å². The van der Waals surface area contributed by atoms with Crippen molar-refractivity contribution in [2.24, 2.45) is 10.7 Å². The lowest BCUT2D eigenvalue weighted by atomic mass is 10.2. The quantitative estimate of drug-likeness (QED) is 0.499. The Labute approximate surface area is 209 Å². The number of amidine groups is 1. The Balaban J connectivity index is 1.28. The summed E-state index contributed by atoms with van der Waals surface area (Å²) in [6.07, 6.45) is 7.72. The molecule has 1 aliphatic carbocycles. The summed E-state index contributed by atoms with van der Waals surface area (Å²) in [5.41, 5.74) is 8.57. The second-order valence-electron chi connectivity index (χ2n) is 9.49. The number of thiol groups is 1. The Bertz CT molecular complexity index is 1100. The number of rotatable bonds is 7. The van der Waals surface area contributed by atoms with Gasteiger partial charge in [-0.05, 0) is 43.2 Å². The first kappa shape index (κ1) is 24.1. The number of anilines is 2. The zero-order valence-electron chi connectivity index (χ0n) is 20.5. The van der Waals surface area contributed by atoms with E-state index < -0.39 is 16.7 Å². The highest BCUT2D eigenvalue weighted by Crippen LogP contribution is 2.56. The Kier molecular flexibility index (Phi) is 7.31. The van der Waals surface area contributed by atoms with Crippen LogP contribution in [0, 0.1) is 5.82 Å². The predicted molar refractivity (Wildman–Crippen MR) is 142 cm³/mol. The maximum atomic E-state index is 15.0. The third-order valence-electron chi connectivity index (χ3n) is 7.15. The zero-order valence-corrected chi connectivity index (χ0v) is 21.4. The lowest BCUT2D eigenvalue weighted by Crippen LogP contribution is -2.45. The average molecular weight is 499 g/mol. The second-order valence-corrected chi connectivity index (χ2v) is 11.9. The normalized spacial score (nSPS) is 23.2. The van der Waals surface area contributed by atoms with E-state index in [1.807, 2.05) is 19.2 Å². The maximum absolute atomic E-state index is 15.0. The standard InChI is InChI=1S/C25H35FN8S/c1-3-33-10-12-34(13-11-33)16-18-8-9-21(28-14-18)31-25-29-15-20(26)22(32-25)23-17(2)30-24(27)35(23)19-6-4-5-7-19/h8-9,14-15,19,35H,3-7,10-13,16H2,1-2H3,(H2,27,30)(H,28,29,31,32). The number of aromatic nitrogens is 3. The van der Waals surface area contributed by atoms with Crippen LogP contribution in [0.1, 0.15) is 50.8 Å². The van der Waals surface area contributed by atoms with E-state index in [0.29, 0.717) is 27.9 Å². The number of halogens is 1. The number of pyridine rings is 1. The minimum atomic E-state index is -0.866. The first-order chi connectivity index (χ1) is 17.0. The van der Waals surface area contributed by atoms with Crippen LogP contribution in [-0.4, -0.2) is 67.9 Å². The molecule has 1 unspecified atom stereocenters. The average Bonchev–Trinajstić information content (AvgIpc) is 3.49. The molecule has 0 bridgehead atoms. The van der Waals surface area contributed by atoms with Crippen LogP contribution in [0.4, 0.5) is 16.2 Å². The van der Waals surface area contributed by atoms with E-state index in [-0.39, 0.29) is 0 Å². The summed E-state index contributed by atoms with van der Waals surface area (Å²) in [6, 6.07) is 4.00. The molecule has 0 spiro atoms. The van der Waals surface area contributed by atoms with Gasteiger partial charge in [0, 0.05) is 43.8 Å². The molecule has 1 atom stereocenters. The molecular weight excluding hydrogens is 463 g/mol. The van der Waals surface area contributed by atoms with Crippen LogP contribution in [0.3, 0.4) is 0 Å². The highest BCUT2D eigenvalue weighted by Gasteiger charge is 2.35. The van der Waals surface area contributed by atoms with Crippen LogP contribution in [0.15, 0.2) is 35.2 Å². The molecule has 1 saturated heterocycles. The molecule has 2 fully saturated rings.